The summed E-state index contributed by atoms with van der Waals surface area (Å²) < 4.78 is 2.13. The first kappa shape index (κ1) is 14.0. The lowest BCUT2D eigenvalue weighted by atomic mass is 10.2. The molecule has 0 atom stereocenters. The lowest BCUT2D eigenvalue weighted by molar-refractivity contribution is 0.736. The van der Waals surface area contributed by atoms with Gasteiger partial charge in [-0.1, -0.05) is 42.1 Å². The van der Waals surface area contributed by atoms with Crippen LogP contribution in [0.4, 0.5) is 0 Å². The third kappa shape index (κ3) is 2.80. The number of thioether (sulfide) groups is 1. The molecule has 0 unspecified atom stereocenters. The van der Waals surface area contributed by atoms with E-state index in [-0.39, 0.29) is 0 Å². The van der Waals surface area contributed by atoms with E-state index in [1.165, 1.54) is 18.4 Å². The molecule has 3 aromatic rings. The van der Waals surface area contributed by atoms with E-state index < -0.39 is 0 Å². The fourth-order valence-corrected chi connectivity index (χ4v) is 4.12. The van der Waals surface area contributed by atoms with Gasteiger partial charge in [0.1, 0.15) is 10.8 Å². The zero-order chi connectivity index (χ0) is 14.9. The highest BCUT2D eigenvalue weighted by Gasteiger charge is 2.29. The molecule has 0 saturated heterocycles. The second-order valence-corrected chi connectivity index (χ2v) is 7.27. The number of nitrogens with zero attached hydrogens (tertiary/aromatic N) is 4. The van der Waals surface area contributed by atoms with Crippen LogP contribution in [-0.4, -0.2) is 19.7 Å². The van der Waals surface area contributed by atoms with Gasteiger partial charge >= 0.3 is 0 Å². The minimum atomic E-state index is 0.635. The maximum atomic E-state index is 4.72. The summed E-state index contributed by atoms with van der Waals surface area (Å²) in [5, 5.41) is 12.8. The molecule has 0 bridgehead atoms. The van der Waals surface area contributed by atoms with Crippen molar-refractivity contribution in [3.8, 4) is 10.6 Å². The zero-order valence-electron chi connectivity index (χ0n) is 12.3. The summed E-state index contributed by atoms with van der Waals surface area (Å²) in [6.07, 6.45) is 2.51. The number of hydrogen-bond acceptors (Lipinski definition) is 5. The van der Waals surface area contributed by atoms with Crippen molar-refractivity contribution in [3.05, 3.63) is 47.2 Å². The Balaban J connectivity index is 1.45. The predicted molar refractivity (Wildman–Crippen MR) is 90.1 cm³/mol. The molecule has 0 radical (unpaired) electrons. The molecule has 112 valence electrons. The van der Waals surface area contributed by atoms with Gasteiger partial charge in [-0.3, -0.25) is 0 Å². The van der Waals surface area contributed by atoms with E-state index in [1.807, 2.05) is 18.2 Å². The van der Waals surface area contributed by atoms with Crippen molar-refractivity contribution >= 4 is 23.1 Å². The summed E-state index contributed by atoms with van der Waals surface area (Å²) in [4.78, 5) is 4.72. The third-order valence-corrected chi connectivity index (χ3v) is 5.73. The lowest BCUT2D eigenvalue weighted by Crippen LogP contribution is -1.97. The summed E-state index contributed by atoms with van der Waals surface area (Å²) >= 11 is 3.40. The summed E-state index contributed by atoms with van der Waals surface area (Å²) in [7, 11) is 2.06. The summed E-state index contributed by atoms with van der Waals surface area (Å²) in [6, 6.07) is 10.3. The highest BCUT2D eigenvalue weighted by atomic mass is 32.2. The van der Waals surface area contributed by atoms with Crippen LogP contribution in [0.25, 0.3) is 10.6 Å². The minimum Gasteiger partial charge on any atom is -0.309 e. The van der Waals surface area contributed by atoms with Crippen LogP contribution in [0.5, 0.6) is 0 Å². The highest BCUT2D eigenvalue weighted by Crippen LogP contribution is 2.39. The van der Waals surface area contributed by atoms with Gasteiger partial charge in [-0.15, -0.1) is 21.5 Å². The average molecular weight is 328 g/mol. The van der Waals surface area contributed by atoms with Gasteiger partial charge in [-0.25, -0.2) is 4.98 Å². The van der Waals surface area contributed by atoms with Crippen LogP contribution in [0.1, 0.15) is 30.3 Å². The third-order valence-electron chi connectivity index (χ3n) is 3.73. The molecule has 0 aliphatic heterocycles. The molecule has 1 fully saturated rings. The molecule has 4 nitrogen and oxygen atoms in total. The zero-order valence-corrected chi connectivity index (χ0v) is 13.9. The van der Waals surface area contributed by atoms with Crippen molar-refractivity contribution in [1.29, 1.82) is 0 Å². The van der Waals surface area contributed by atoms with Gasteiger partial charge in [0.15, 0.2) is 5.16 Å². The Bertz CT molecular complexity index is 775. The van der Waals surface area contributed by atoms with Crippen molar-refractivity contribution in [2.45, 2.75) is 29.7 Å². The summed E-state index contributed by atoms with van der Waals surface area (Å²) in [5.74, 6) is 2.60. The average Bonchev–Trinajstić information content (AvgIpc) is 3.16. The summed E-state index contributed by atoms with van der Waals surface area (Å²) in [6.45, 7) is 0. The smallest absolute Gasteiger partial charge is 0.191 e. The molecule has 6 heteroatoms. The molecule has 1 saturated carbocycles. The normalized spacial score (nSPS) is 14.4. The Morgan fingerprint density at radius 3 is 2.82 bits per heavy atom. The van der Waals surface area contributed by atoms with Crippen LogP contribution in [0, 0.1) is 0 Å². The van der Waals surface area contributed by atoms with Gasteiger partial charge in [0, 0.05) is 29.7 Å². The number of rotatable bonds is 5. The fourth-order valence-electron chi connectivity index (χ4n) is 2.37. The Labute approximate surface area is 137 Å². The van der Waals surface area contributed by atoms with Crippen LogP contribution < -0.4 is 0 Å². The second kappa shape index (κ2) is 5.85. The van der Waals surface area contributed by atoms with E-state index >= 15 is 0 Å². The van der Waals surface area contributed by atoms with Crippen LogP contribution in [0.3, 0.4) is 0 Å². The Hall–Kier alpha value is -1.66. The molecule has 1 aliphatic rings. The van der Waals surface area contributed by atoms with E-state index in [0.717, 1.165) is 27.4 Å². The van der Waals surface area contributed by atoms with Gasteiger partial charge in [0.05, 0.1) is 5.69 Å². The quantitative estimate of drug-likeness (QED) is 0.661. The Morgan fingerprint density at radius 2 is 2.05 bits per heavy atom. The van der Waals surface area contributed by atoms with E-state index in [4.69, 9.17) is 4.98 Å². The predicted octanol–water partition coefficient (Wildman–Crippen LogP) is 4.11. The van der Waals surface area contributed by atoms with Crippen molar-refractivity contribution in [2.75, 3.05) is 0 Å². The molecule has 22 heavy (non-hydrogen) atoms. The molecule has 4 rings (SSSR count). The van der Waals surface area contributed by atoms with Crippen molar-refractivity contribution < 1.29 is 0 Å². The van der Waals surface area contributed by atoms with E-state index in [9.17, 15) is 0 Å². The maximum Gasteiger partial charge on any atom is 0.191 e. The molecule has 2 heterocycles. The van der Waals surface area contributed by atoms with E-state index in [1.54, 1.807) is 23.1 Å². The summed E-state index contributed by atoms with van der Waals surface area (Å²) in [5.41, 5.74) is 2.28. The lowest BCUT2D eigenvalue weighted by Gasteiger charge is -2.01. The van der Waals surface area contributed by atoms with Gasteiger partial charge in [-0.05, 0) is 12.8 Å². The molecular weight excluding hydrogens is 312 g/mol. The van der Waals surface area contributed by atoms with E-state index in [0.29, 0.717) is 5.92 Å². The molecular formula is C16H16N4S2. The van der Waals surface area contributed by atoms with Crippen LogP contribution >= 0.6 is 23.1 Å². The second-order valence-electron chi connectivity index (χ2n) is 5.47. The topological polar surface area (TPSA) is 43.6 Å². The Kier molecular flexibility index (Phi) is 3.72. The molecule has 0 amide bonds. The number of thiazole rings is 1. The monoisotopic (exact) mass is 328 g/mol. The number of aromatic nitrogens is 4. The molecule has 1 aliphatic carbocycles. The first-order chi connectivity index (χ1) is 10.8. The number of hydrogen-bond donors (Lipinski definition) is 0. The molecule has 1 aromatic carbocycles. The van der Waals surface area contributed by atoms with Gasteiger partial charge < -0.3 is 4.57 Å². The van der Waals surface area contributed by atoms with Crippen LogP contribution in [0.15, 0.2) is 40.9 Å². The standard InChI is InChI=1S/C16H16N4S2/c1-20-14(11-7-8-11)18-19-16(20)22-10-13-9-21-15(17-13)12-5-3-2-4-6-12/h2-6,9,11H,7-8,10H2,1H3. The van der Waals surface area contributed by atoms with Gasteiger partial charge in [-0.2, -0.15) is 0 Å². The molecule has 0 N–H and O–H groups in total. The van der Waals surface area contributed by atoms with Crippen LogP contribution in [-0.2, 0) is 12.8 Å². The van der Waals surface area contributed by atoms with Crippen molar-refractivity contribution in [1.82, 2.24) is 19.7 Å². The first-order valence-corrected chi connectivity index (χ1v) is 9.19. The number of benzene rings is 1. The molecule has 0 spiro atoms. The van der Waals surface area contributed by atoms with Gasteiger partial charge in [0.2, 0.25) is 0 Å². The van der Waals surface area contributed by atoms with Crippen molar-refractivity contribution in [3.63, 3.8) is 0 Å². The highest BCUT2D eigenvalue weighted by molar-refractivity contribution is 7.98. The Morgan fingerprint density at radius 1 is 1.23 bits per heavy atom. The van der Waals surface area contributed by atoms with Crippen LogP contribution in [0.2, 0.25) is 0 Å². The first-order valence-electron chi connectivity index (χ1n) is 7.33. The maximum absolute atomic E-state index is 4.72. The van der Waals surface area contributed by atoms with Crippen molar-refractivity contribution in [2.24, 2.45) is 7.05 Å². The SMILES string of the molecule is Cn1c(SCc2csc(-c3ccccc3)n2)nnc1C1CC1. The largest absolute Gasteiger partial charge is 0.309 e. The molecule has 2 aromatic heterocycles. The van der Waals surface area contributed by atoms with Gasteiger partial charge in [0.25, 0.3) is 0 Å². The van der Waals surface area contributed by atoms with E-state index in [2.05, 4.69) is 39.3 Å². The minimum absolute atomic E-state index is 0.635. The fraction of sp³-hybridized carbons (Fsp3) is 0.312.